The maximum Gasteiger partial charge on any atom is 0.145 e. The predicted molar refractivity (Wildman–Crippen MR) is 82.8 cm³/mol. The highest BCUT2D eigenvalue weighted by atomic mass is 35.5. The molecule has 0 atom stereocenters. The second kappa shape index (κ2) is 5.88. The number of hydrogen-bond donors (Lipinski definition) is 0. The molecule has 0 spiro atoms. The number of nitrogens with zero attached hydrogens (tertiary/aromatic N) is 1. The minimum absolute atomic E-state index is 0.0587. The van der Waals surface area contributed by atoms with Crippen LogP contribution in [0.1, 0.15) is 5.69 Å². The lowest BCUT2D eigenvalue weighted by Gasteiger charge is -2.10. The molecule has 2 nitrogen and oxygen atoms in total. The maximum absolute atomic E-state index is 13.5. The second-order valence-electron chi connectivity index (χ2n) is 4.44. The summed E-state index contributed by atoms with van der Waals surface area (Å²) in [6.45, 7) is 0. The van der Waals surface area contributed by atoms with E-state index in [4.69, 9.17) is 27.9 Å². The SMILES string of the molecule is Fc1cc(Oc2cc(CCl)nc3ccccc23)ccc1Cl. The third-order valence-corrected chi connectivity index (χ3v) is 3.57. The molecule has 1 aromatic heterocycles. The molecule has 5 heteroatoms. The molecular formula is C16H10Cl2FNO. The van der Waals surface area contributed by atoms with E-state index in [1.807, 2.05) is 24.3 Å². The summed E-state index contributed by atoms with van der Waals surface area (Å²) in [5.74, 6) is 0.702. The van der Waals surface area contributed by atoms with E-state index in [9.17, 15) is 4.39 Å². The van der Waals surface area contributed by atoms with E-state index in [1.165, 1.54) is 12.1 Å². The summed E-state index contributed by atoms with van der Waals surface area (Å²) in [5, 5.41) is 0.894. The van der Waals surface area contributed by atoms with Crippen molar-refractivity contribution in [2.24, 2.45) is 0 Å². The Labute approximate surface area is 131 Å². The third kappa shape index (κ3) is 2.94. The molecule has 0 aliphatic heterocycles. The highest BCUT2D eigenvalue weighted by Gasteiger charge is 2.09. The molecule has 0 bridgehead atoms. The number of ether oxygens (including phenoxy) is 1. The van der Waals surface area contributed by atoms with Crippen LogP contribution in [0.25, 0.3) is 10.9 Å². The molecule has 0 N–H and O–H groups in total. The van der Waals surface area contributed by atoms with E-state index in [-0.39, 0.29) is 10.9 Å². The smallest absolute Gasteiger partial charge is 0.145 e. The number of fused-ring (bicyclic) bond motifs is 1. The van der Waals surface area contributed by atoms with Crippen LogP contribution in [0.5, 0.6) is 11.5 Å². The van der Waals surface area contributed by atoms with Crippen LogP contribution in [-0.2, 0) is 5.88 Å². The Morgan fingerprint density at radius 2 is 1.90 bits per heavy atom. The first kappa shape index (κ1) is 14.1. The zero-order valence-corrected chi connectivity index (χ0v) is 12.3. The number of benzene rings is 2. The van der Waals surface area contributed by atoms with Gasteiger partial charge < -0.3 is 4.74 Å². The van der Waals surface area contributed by atoms with Gasteiger partial charge in [-0.05, 0) is 24.3 Å². The van der Waals surface area contributed by atoms with Gasteiger partial charge in [0, 0.05) is 17.5 Å². The first-order valence-corrected chi connectivity index (χ1v) is 7.16. The number of halogens is 3. The number of rotatable bonds is 3. The topological polar surface area (TPSA) is 22.1 Å². The quantitative estimate of drug-likeness (QED) is 0.589. The highest BCUT2D eigenvalue weighted by molar-refractivity contribution is 6.30. The minimum Gasteiger partial charge on any atom is -0.456 e. The molecule has 1 heterocycles. The van der Waals surface area contributed by atoms with Gasteiger partial charge in [0.15, 0.2) is 0 Å². The van der Waals surface area contributed by atoms with Crippen LogP contribution in [0, 0.1) is 5.82 Å². The van der Waals surface area contributed by atoms with Crippen molar-refractivity contribution >= 4 is 34.1 Å². The summed E-state index contributed by atoms with van der Waals surface area (Å²) >= 11 is 11.5. The Hall–Kier alpha value is -1.84. The van der Waals surface area contributed by atoms with Crippen molar-refractivity contribution in [1.82, 2.24) is 4.98 Å². The van der Waals surface area contributed by atoms with Crippen molar-refractivity contribution in [1.29, 1.82) is 0 Å². The second-order valence-corrected chi connectivity index (χ2v) is 5.11. The Kier molecular flexibility index (Phi) is 3.95. The molecule has 3 rings (SSSR count). The van der Waals surface area contributed by atoms with Gasteiger partial charge >= 0.3 is 0 Å². The Bertz CT molecular complexity index is 807. The summed E-state index contributed by atoms with van der Waals surface area (Å²) in [6, 6.07) is 13.6. The molecule has 0 unspecified atom stereocenters. The van der Waals surface area contributed by atoms with Crippen molar-refractivity contribution in [3.63, 3.8) is 0 Å². The lowest BCUT2D eigenvalue weighted by molar-refractivity contribution is 0.481. The predicted octanol–water partition coefficient (Wildman–Crippen LogP) is 5.56. The fraction of sp³-hybridized carbons (Fsp3) is 0.0625. The summed E-state index contributed by atoms with van der Waals surface area (Å²) in [6.07, 6.45) is 0. The van der Waals surface area contributed by atoms with Crippen molar-refractivity contribution in [3.05, 3.63) is 65.1 Å². The number of hydrogen-bond acceptors (Lipinski definition) is 2. The Morgan fingerprint density at radius 3 is 2.67 bits per heavy atom. The van der Waals surface area contributed by atoms with Crippen LogP contribution in [0.2, 0.25) is 5.02 Å². The number of alkyl halides is 1. The van der Waals surface area contributed by atoms with E-state index < -0.39 is 5.82 Å². The van der Waals surface area contributed by atoms with Gasteiger partial charge in [-0.2, -0.15) is 0 Å². The normalized spacial score (nSPS) is 10.8. The van der Waals surface area contributed by atoms with Crippen molar-refractivity contribution in [3.8, 4) is 11.5 Å². The van der Waals surface area contributed by atoms with E-state index in [2.05, 4.69) is 4.98 Å². The summed E-state index contributed by atoms with van der Waals surface area (Å²) in [5.41, 5.74) is 1.47. The molecular weight excluding hydrogens is 312 g/mol. The molecule has 21 heavy (non-hydrogen) atoms. The fourth-order valence-electron chi connectivity index (χ4n) is 2.02. The average molecular weight is 322 g/mol. The van der Waals surface area contributed by atoms with E-state index >= 15 is 0 Å². The fourth-order valence-corrected chi connectivity index (χ4v) is 2.27. The number of para-hydroxylation sites is 1. The van der Waals surface area contributed by atoms with Gasteiger partial charge in [-0.1, -0.05) is 23.7 Å². The van der Waals surface area contributed by atoms with Crippen LogP contribution < -0.4 is 4.74 Å². The molecule has 0 aliphatic carbocycles. The molecule has 0 fully saturated rings. The Balaban J connectivity index is 2.08. The van der Waals surface area contributed by atoms with Crippen LogP contribution >= 0.6 is 23.2 Å². The van der Waals surface area contributed by atoms with Gasteiger partial charge in [-0.25, -0.2) is 4.39 Å². The largest absolute Gasteiger partial charge is 0.456 e. The zero-order chi connectivity index (χ0) is 14.8. The van der Waals surface area contributed by atoms with Crippen LogP contribution in [-0.4, -0.2) is 4.98 Å². The van der Waals surface area contributed by atoms with Crippen molar-refractivity contribution in [2.75, 3.05) is 0 Å². The zero-order valence-electron chi connectivity index (χ0n) is 10.8. The molecule has 106 valence electrons. The molecule has 0 amide bonds. The number of pyridine rings is 1. The Morgan fingerprint density at radius 1 is 1.10 bits per heavy atom. The molecule has 0 saturated carbocycles. The average Bonchev–Trinajstić information content (AvgIpc) is 2.51. The van der Waals surface area contributed by atoms with E-state index in [1.54, 1.807) is 12.1 Å². The van der Waals surface area contributed by atoms with E-state index in [0.717, 1.165) is 10.9 Å². The molecule has 0 aliphatic rings. The van der Waals surface area contributed by atoms with Gasteiger partial charge in [0.25, 0.3) is 0 Å². The van der Waals surface area contributed by atoms with Crippen LogP contribution in [0.3, 0.4) is 0 Å². The van der Waals surface area contributed by atoms with Gasteiger partial charge in [-0.3, -0.25) is 4.98 Å². The van der Waals surface area contributed by atoms with Crippen molar-refractivity contribution in [2.45, 2.75) is 5.88 Å². The summed E-state index contributed by atoms with van der Waals surface area (Å²) < 4.78 is 19.3. The first-order chi connectivity index (χ1) is 10.2. The molecule has 3 aromatic rings. The van der Waals surface area contributed by atoms with Gasteiger partial charge in [-0.15, -0.1) is 11.6 Å². The first-order valence-electron chi connectivity index (χ1n) is 6.25. The maximum atomic E-state index is 13.5. The third-order valence-electron chi connectivity index (χ3n) is 2.99. The van der Waals surface area contributed by atoms with Crippen molar-refractivity contribution < 1.29 is 9.13 Å². The molecule has 2 aromatic carbocycles. The monoisotopic (exact) mass is 321 g/mol. The summed E-state index contributed by atoms with van der Waals surface area (Å²) in [7, 11) is 0. The van der Waals surface area contributed by atoms with E-state index in [0.29, 0.717) is 17.2 Å². The van der Waals surface area contributed by atoms with Crippen LogP contribution in [0.4, 0.5) is 4.39 Å². The molecule has 0 saturated heterocycles. The lowest BCUT2D eigenvalue weighted by atomic mass is 10.2. The summed E-state index contributed by atoms with van der Waals surface area (Å²) in [4.78, 5) is 4.42. The van der Waals surface area contributed by atoms with Crippen LogP contribution in [0.15, 0.2) is 48.5 Å². The van der Waals surface area contributed by atoms with Gasteiger partial charge in [0.05, 0.1) is 22.1 Å². The van der Waals surface area contributed by atoms with Gasteiger partial charge in [0.1, 0.15) is 17.3 Å². The highest BCUT2D eigenvalue weighted by Crippen LogP contribution is 2.31. The molecule has 0 radical (unpaired) electrons. The lowest BCUT2D eigenvalue weighted by Crippen LogP contribution is -1.92. The standard InChI is InChI=1S/C16H10Cl2FNO/c17-9-10-7-16(12-3-1-2-4-15(12)20-10)21-11-5-6-13(18)14(19)8-11/h1-8H,9H2. The van der Waals surface area contributed by atoms with Gasteiger partial charge in [0.2, 0.25) is 0 Å². The number of aromatic nitrogens is 1. The minimum atomic E-state index is -0.523.